The number of thiophene rings is 1. The molecule has 1 aromatic rings. The second-order valence-corrected chi connectivity index (χ2v) is 1.81. The molecular weight excluding hydrogens is 292 g/mol. The van der Waals surface area contributed by atoms with Gasteiger partial charge in [0.25, 0.3) is 0 Å². The third-order valence-electron chi connectivity index (χ3n) is 0.680. The van der Waals surface area contributed by atoms with Gasteiger partial charge >= 0.3 is 0 Å². The minimum atomic E-state index is 0. The van der Waals surface area contributed by atoms with E-state index in [4.69, 9.17) is 4.74 Å². The first-order valence-electron chi connectivity index (χ1n) is 1.92. The minimum absolute atomic E-state index is 0. The van der Waals surface area contributed by atoms with Gasteiger partial charge in [-0.2, -0.15) is 0 Å². The molecule has 0 radical (unpaired) electrons. The molecule has 0 aliphatic rings. The van der Waals surface area contributed by atoms with Gasteiger partial charge < -0.3 is 16.1 Å². The van der Waals surface area contributed by atoms with Gasteiger partial charge in [-0.1, -0.05) is 0 Å². The first-order chi connectivity index (χ1) is 3.43. The van der Waals surface area contributed by atoms with Crippen molar-refractivity contribution in [1.29, 1.82) is 0 Å². The van der Waals surface area contributed by atoms with E-state index in [0.29, 0.717) is 0 Å². The van der Waals surface area contributed by atoms with Gasteiger partial charge in [0.15, 0.2) is 0 Å². The maximum Gasteiger partial charge on any atom is 0.0592 e. The van der Waals surface area contributed by atoms with Crippen molar-refractivity contribution in [1.82, 2.24) is 0 Å². The Hall–Kier alpha value is 0.188. The average Bonchev–Trinajstić information content (AvgIpc) is 2.14. The summed E-state index contributed by atoms with van der Waals surface area (Å²) in [5.74, 6) is 0.894. The van der Waals surface area contributed by atoms with Gasteiger partial charge in [-0.15, -0.1) is 16.8 Å². The van der Waals surface area contributed by atoms with E-state index >= 15 is 0 Å². The van der Waals surface area contributed by atoms with E-state index in [1.165, 1.54) is 11.3 Å². The van der Waals surface area contributed by atoms with Crippen LogP contribution in [0.2, 0.25) is 0 Å². The molecule has 44 valence electrons. The van der Waals surface area contributed by atoms with Gasteiger partial charge in [0.2, 0.25) is 0 Å². The van der Waals surface area contributed by atoms with Crippen molar-refractivity contribution in [2.24, 2.45) is 0 Å². The standard InChI is InChI=1S/C5H5OS.W/c1-6-5-2-3-7-4-5;/h2,4H,1H3;/q-1;. The normalized spacial score (nSPS) is 7.62. The van der Waals surface area contributed by atoms with Crippen molar-refractivity contribution in [2.75, 3.05) is 7.11 Å². The number of hydrogen-bond donors (Lipinski definition) is 0. The Kier molecular flexibility index (Phi) is 4.20. The van der Waals surface area contributed by atoms with Gasteiger partial charge in [0.1, 0.15) is 0 Å². The van der Waals surface area contributed by atoms with Gasteiger partial charge in [-0.25, -0.2) is 0 Å². The van der Waals surface area contributed by atoms with Crippen molar-refractivity contribution in [3.8, 4) is 5.75 Å². The maximum absolute atomic E-state index is 4.83. The molecule has 1 heterocycles. The Balaban J connectivity index is 0.000000490. The van der Waals surface area contributed by atoms with E-state index in [9.17, 15) is 0 Å². The number of hydrogen-bond acceptors (Lipinski definition) is 2. The van der Waals surface area contributed by atoms with E-state index in [1.54, 1.807) is 7.11 Å². The topological polar surface area (TPSA) is 9.23 Å². The molecule has 0 saturated heterocycles. The SMILES string of the molecule is COc1c[c-]sc1.[W]. The zero-order valence-electron chi connectivity index (χ0n) is 4.38. The number of rotatable bonds is 1. The minimum Gasteiger partial charge on any atom is -0.565 e. The second kappa shape index (κ2) is 4.11. The molecule has 0 fully saturated rings. The molecule has 3 heteroatoms. The monoisotopic (exact) mass is 297 g/mol. The molecule has 1 aromatic heterocycles. The van der Waals surface area contributed by atoms with Gasteiger partial charge in [-0.3, -0.25) is 0 Å². The smallest absolute Gasteiger partial charge is 0.0592 e. The molecule has 0 aromatic carbocycles. The summed E-state index contributed by atoms with van der Waals surface area (Å²) >= 11 is 1.51. The second-order valence-electron chi connectivity index (χ2n) is 1.10. The summed E-state index contributed by atoms with van der Waals surface area (Å²) in [6.07, 6.45) is 0. The zero-order valence-corrected chi connectivity index (χ0v) is 8.13. The molecule has 0 saturated carbocycles. The first kappa shape index (κ1) is 8.19. The fourth-order valence-corrected chi connectivity index (χ4v) is 0.858. The largest absolute Gasteiger partial charge is 0.565 e. The number of methoxy groups -OCH3 is 1. The third kappa shape index (κ3) is 1.97. The molecular formula is C5H5OSW-. The van der Waals surface area contributed by atoms with Crippen LogP contribution in [0.15, 0.2) is 11.4 Å². The van der Waals surface area contributed by atoms with Crippen LogP contribution in [0.1, 0.15) is 0 Å². The Labute approximate surface area is 66.9 Å². The van der Waals surface area contributed by atoms with Gasteiger partial charge in [0, 0.05) is 21.1 Å². The predicted molar refractivity (Wildman–Crippen MR) is 29.7 cm³/mol. The fraction of sp³-hybridized carbons (Fsp3) is 0.200. The van der Waals surface area contributed by atoms with E-state index in [1.807, 2.05) is 11.4 Å². The average molecular weight is 297 g/mol. The van der Waals surface area contributed by atoms with Crippen LogP contribution < -0.4 is 4.74 Å². The molecule has 0 unspecified atom stereocenters. The molecule has 1 rings (SSSR count). The number of ether oxygens (including phenoxy) is 1. The van der Waals surface area contributed by atoms with Crippen LogP contribution in [-0.2, 0) is 21.1 Å². The van der Waals surface area contributed by atoms with Gasteiger partial charge in [-0.05, 0) is 5.75 Å². The zero-order chi connectivity index (χ0) is 5.11. The van der Waals surface area contributed by atoms with Crippen molar-refractivity contribution in [3.05, 3.63) is 16.8 Å². The molecule has 8 heavy (non-hydrogen) atoms. The summed E-state index contributed by atoms with van der Waals surface area (Å²) in [6.45, 7) is 0. The van der Waals surface area contributed by atoms with Crippen LogP contribution in [0.3, 0.4) is 0 Å². The summed E-state index contributed by atoms with van der Waals surface area (Å²) < 4.78 is 4.83. The summed E-state index contributed by atoms with van der Waals surface area (Å²) in [6, 6.07) is 1.81. The van der Waals surface area contributed by atoms with Crippen LogP contribution in [-0.4, -0.2) is 7.11 Å². The van der Waals surface area contributed by atoms with Crippen molar-refractivity contribution in [2.45, 2.75) is 0 Å². The van der Waals surface area contributed by atoms with Crippen LogP contribution in [0, 0.1) is 5.38 Å². The van der Waals surface area contributed by atoms with E-state index < -0.39 is 0 Å². The first-order valence-corrected chi connectivity index (χ1v) is 2.80. The van der Waals surface area contributed by atoms with E-state index in [0.717, 1.165) is 5.75 Å². The van der Waals surface area contributed by atoms with Crippen molar-refractivity contribution in [3.63, 3.8) is 0 Å². The summed E-state index contributed by atoms with van der Waals surface area (Å²) in [7, 11) is 1.65. The van der Waals surface area contributed by atoms with E-state index in [-0.39, 0.29) is 21.1 Å². The molecule has 0 amide bonds. The van der Waals surface area contributed by atoms with Crippen molar-refractivity contribution >= 4 is 11.3 Å². The van der Waals surface area contributed by atoms with Crippen LogP contribution in [0.25, 0.3) is 0 Å². The summed E-state index contributed by atoms with van der Waals surface area (Å²) in [5, 5.41) is 4.80. The molecule has 0 bridgehead atoms. The van der Waals surface area contributed by atoms with Crippen LogP contribution in [0.4, 0.5) is 0 Å². The molecule has 0 atom stereocenters. The molecule has 0 aliphatic carbocycles. The molecule has 1 nitrogen and oxygen atoms in total. The van der Waals surface area contributed by atoms with E-state index in [2.05, 4.69) is 5.38 Å². The Morgan fingerprint density at radius 1 is 1.75 bits per heavy atom. The van der Waals surface area contributed by atoms with Gasteiger partial charge in [0.05, 0.1) is 7.11 Å². The van der Waals surface area contributed by atoms with Crippen LogP contribution >= 0.6 is 11.3 Å². The third-order valence-corrected chi connectivity index (χ3v) is 1.28. The predicted octanol–water partition coefficient (Wildman–Crippen LogP) is 1.55. The van der Waals surface area contributed by atoms with Crippen LogP contribution in [0.5, 0.6) is 5.75 Å². The quantitative estimate of drug-likeness (QED) is 0.715. The Bertz CT molecular complexity index is 127. The maximum atomic E-state index is 4.83. The summed E-state index contributed by atoms with van der Waals surface area (Å²) in [4.78, 5) is 0. The molecule has 0 aliphatic heterocycles. The summed E-state index contributed by atoms with van der Waals surface area (Å²) in [5.41, 5.74) is 0. The molecule has 0 N–H and O–H groups in total. The Morgan fingerprint density at radius 2 is 2.50 bits per heavy atom. The Morgan fingerprint density at radius 3 is 2.75 bits per heavy atom. The fourth-order valence-electron chi connectivity index (χ4n) is 0.325. The van der Waals surface area contributed by atoms with Crippen molar-refractivity contribution < 1.29 is 25.8 Å². The molecule has 0 spiro atoms.